The van der Waals surface area contributed by atoms with Gasteiger partial charge in [-0.1, -0.05) is 0 Å². The first-order chi connectivity index (χ1) is 11.1. The predicted octanol–water partition coefficient (Wildman–Crippen LogP) is 0.687. The standard InChI is InChI=1S/C16H20N4O2S/c1-10-18-15-14(11-3-2-4-12(11)23-15)16(22)20(10)9-13(21)19-7-5-17-6-8-19/h17H,2-9H2,1H3. The van der Waals surface area contributed by atoms with E-state index in [1.165, 1.54) is 10.4 Å². The van der Waals surface area contributed by atoms with Crippen molar-refractivity contribution >= 4 is 27.5 Å². The Balaban J connectivity index is 1.72. The van der Waals surface area contributed by atoms with Crippen molar-refractivity contribution in [3.8, 4) is 0 Å². The Morgan fingerprint density at radius 3 is 2.87 bits per heavy atom. The lowest BCUT2D eigenvalue weighted by atomic mass is 10.2. The van der Waals surface area contributed by atoms with Gasteiger partial charge in [0.25, 0.3) is 5.56 Å². The molecule has 2 aromatic rings. The average Bonchev–Trinajstić information content (AvgIpc) is 3.12. The van der Waals surface area contributed by atoms with Gasteiger partial charge in [-0.15, -0.1) is 11.3 Å². The molecule has 0 radical (unpaired) electrons. The lowest BCUT2D eigenvalue weighted by Crippen LogP contribution is -2.48. The van der Waals surface area contributed by atoms with Crippen LogP contribution in [0.15, 0.2) is 4.79 Å². The van der Waals surface area contributed by atoms with Crippen molar-refractivity contribution in [1.82, 2.24) is 19.8 Å². The Bertz CT molecular complexity index is 833. The van der Waals surface area contributed by atoms with E-state index in [0.717, 1.165) is 42.6 Å². The highest BCUT2D eigenvalue weighted by Crippen LogP contribution is 2.34. The maximum atomic E-state index is 12.9. The van der Waals surface area contributed by atoms with Crippen LogP contribution in [0.4, 0.5) is 0 Å². The molecule has 23 heavy (non-hydrogen) atoms. The van der Waals surface area contributed by atoms with Crippen molar-refractivity contribution in [1.29, 1.82) is 0 Å². The van der Waals surface area contributed by atoms with Crippen LogP contribution in [-0.2, 0) is 24.2 Å². The van der Waals surface area contributed by atoms with Crippen LogP contribution < -0.4 is 10.9 Å². The fraction of sp³-hybridized carbons (Fsp3) is 0.562. The van der Waals surface area contributed by atoms with E-state index < -0.39 is 0 Å². The smallest absolute Gasteiger partial charge is 0.263 e. The number of hydrogen-bond acceptors (Lipinski definition) is 5. The molecule has 2 aliphatic rings. The fourth-order valence-electron chi connectivity index (χ4n) is 3.51. The van der Waals surface area contributed by atoms with Crippen LogP contribution in [0.2, 0.25) is 0 Å². The lowest BCUT2D eigenvalue weighted by Gasteiger charge is -2.27. The number of aromatic nitrogens is 2. The molecule has 1 fully saturated rings. The summed E-state index contributed by atoms with van der Waals surface area (Å²) in [4.78, 5) is 34.0. The van der Waals surface area contributed by atoms with Gasteiger partial charge in [-0.3, -0.25) is 14.2 Å². The van der Waals surface area contributed by atoms with E-state index in [-0.39, 0.29) is 18.0 Å². The second-order valence-corrected chi connectivity index (χ2v) is 7.30. The number of piperazine rings is 1. The van der Waals surface area contributed by atoms with Gasteiger partial charge in [0.05, 0.1) is 5.39 Å². The normalized spacial score (nSPS) is 17.7. The average molecular weight is 332 g/mol. The van der Waals surface area contributed by atoms with Crippen molar-refractivity contribution < 1.29 is 4.79 Å². The third-order valence-electron chi connectivity index (χ3n) is 4.78. The van der Waals surface area contributed by atoms with Crippen LogP contribution in [0.5, 0.6) is 0 Å². The molecule has 0 unspecified atom stereocenters. The van der Waals surface area contributed by atoms with Crippen LogP contribution in [-0.4, -0.2) is 46.5 Å². The van der Waals surface area contributed by atoms with Gasteiger partial charge in [-0.2, -0.15) is 0 Å². The number of nitrogens with one attached hydrogen (secondary N) is 1. The first kappa shape index (κ1) is 14.8. The van der Waals surface area contributed by atoms with Gasteiger partial charge in [0.1, 0.15) is 17.2 Å². The Morgan fingerprint density at radius 1 is 1.30 bits per heavy atom. The predicted molar refractivity (Wildman–Crippen MR) is 90.1 cm³/mol. The summed E-state index contributed by atoms with van der Waals surface area (Å²) in [5, 5.41) is 3.98. The molecule has 1 aliphatic heterocycles. The molecule has 6 nitrogen and oxygen atoms in total. The molecule has 0 saturated carbocycles. The fourth-order valence-corrected chi connectivity index (χ4v) is 4.81. The van der Waals surface area contributed by atoms with Crippen molar-refractivity contribution in [2.45, 2.75) is 32.7 Å². The van der Waals surface area contributed by atoms with Gasteiger partial charge in [0, 0.05) is 31.1 Å². The topological polar surface area (TPSA) is 67.2 Å². The van der Waals surface area contributed by atoms with Crippen molar-refractivity contribution in [2.24, 2.45) is 0 Å². The van der Waals surface area contributed by atoms with E-state index >= 15 is 0 Å². The second kappa shape index (κ2) is 5.72. The Hall–Kier alpha value is -1.73. The summed E-state index contributed by atoms with van der Waals surface area (Å²) in [5.74, 6) is 0.635. The summed E-state index contributed by atoms with van der Waals surface area (Å²) in [5.41, 5.74) is 1.13. The number of fused-ring (bicyclic) bond motifs is 3. The van der Waals surface area contributed by atoms with Crippen molar-refractivity contribution in [3.05, 3.63) is 26.6 Å². The number of rotatable bonds is 2. The van der Waals surface area contributed by atoms with Gasteiger partial charge in [-0.05, 0) is 31.7 Å². The summed E-state index contributed by atoms with van der Waals surface area (Å²) in [6, 6.07) is 0. The summed E-state index contributed by atoms with van der Waals surface area (Å²) in [6.45, 7) is 4.95. The molecule has 1 N–H and O–H groups in total. The molecule has 122 valence electrons. The summed E-state index contributed by atoms with van der Waals surface area (Å²) in [7, 11) is 0. The summed E-state index contributed by atoms with van der Waals surface area (Å²) < 4.78 is 1.55. The Morgan fingerprint density at radius 2 is 2.09 bits per heavy atom. The number of hydrogen-bond donors (Lipinski definition) is 1. The number of nitrogens with zero attached hydrogens (tertiary/aromatic N) is 3. The molecular weight excluding hydrogens is 312 g/mol. The van der Waals surface area contributed by atoms with E-state index in [1.807, 2.05) is 11.8 Å². The highest BCUT2D eigenvalue weighted by Gasteiger charge is 2.24. The first-order valence-corrected chi connectivity index (χ1v) is 8.97. The van der Waals surface area contributed by atoms with Crippen LogP contribution >= 0.6 is 11.3 Å². The summed E-state index contributed by atoms with van der Waals surface area (Å²) in [6.07, 6.45) is 3.12. The van der Waals surface area contributed by atoms with Gasteiger partial charge < -0.3 is 10.2 Å². The molecule has 1 amide bonds. The van der Waals surface area contributed by atoms with Crippen LogP contribution in [0, 0.1) is 6.92 Å². The largest absolute Gasteiger partial charge is 0.339 e. The van der Waals surface area contributed by atoms with Crippen LogP contribution in [0.25, 0.3) is 10.2 Å². The molecule has 4 rings (SSSR count). The Labute approximate surface area is 138 Å². The SMILES string of the molecule is Cc1nc2sc3c(c2c(=O)n1CC(=O)N1CCNCC1)CCC3. The molecule has 0 aromatic carbocycles. The molecule has 0 atom stereocenters. The van der Waals surface area contributed by atoms with Gasteiger partial charge in [-0.25, -0.2) is 4.98 Å². The molecular formula is C16H20N4O2S. The van der Waals surface area contributed by atoms with E-state index in [2.05, 4.69) is 10.3 Å². The minimum atomic E-state index is -0.0459. The third kappa shape index (κ3) is 2.48. The third-order valence-corrected chi connectivity index (χ3v) is 5.96. The van der Waals surface area contributed by atoms with Crippen molar-refractivity contribution in [3.63, 3.8) is 0 Å². The van der Waals surface area contributed by atoms with Crippen LogP contribution in [0.1, 0.15) is 22.7 Å². The lowest BCUT2D eigenvalue weighted by molar-refractivity contribution is -0.132. The van der Waals surface area contributed by atoms with Gasteiger partial charge in [0.2, 0.25) is 5.91 Å². The number of carbonyl (C=O) groups excluding carboxylic acids is 1. The number of aryl methyl sites for hydroxylation is 3. The molecule has 1 aliphatic carbocycles. The second-order valence-electron chi connectivity index (χ2n) is 6.22. The van der Waals surface area contributed by atoms with E-state index in [4.69, 9.17) is 0 Å². The molecule has 0 bridgehead atoms. The number of thiophene rings is 1. The summed E-state index contributed by atoms with van der Waals surface area (Å²) >= 11 is 1.64. The van der Waals surface area contributed by atoms with E-state index in [9.17, 15) is 9.59 Å². The number of amides is 1. The molecule has 0 spiro atoms. The van der Waals surface area contributed by atoms with Gasteiger partial charge in [0.15, 0.2) is 0 Å². The first-order valence-electron chi connectivity index (χ1n) is 8.15. The zero-order valence-electron chi connectivity index (χ0n) is 13.2. The Kier molecular flexibility index (Phi) is 3.69. The van der Waals surface area contributed by atoms with Crippen LogP contribution in [0.3, 0.4) is 0 Å². The quantitative estimate of drug-likeness (QED) is 0.878. The monoisotopic (exact) mass is 332 g/mol. The molecule has 1 saturated heterocycles. The highest BCUT2D eigenvalue weighted by molar-refractivity contribution is 7.18. The molecule has 7 heteroatoms. The minimum absolute atomic E-state index is 0.00438. The molecule has 2 aromatic heterocycles. The van der Waals surface area contributed by atoms with E-state index in [0.29, 0.717) is 18.9 Å². The maximum absolute atomic E-state index is 12.9. The zero-order chi connectivity index (χ0) is 16.0. The van der Waals surface area contributed by atoms with Crippen molar-refractivity contribution in [2.75, 3.05) is 26.2 Å². The minimum Gasteiger partial charge on any atom is -0.339 e. The number of carbonyl (C=O) groups is 1. The maximum Gasteiger partial charge on any atom is 0.263 e. The van der Waals surface area contributed by atoms with Gasteiger partial charge >= 0.3 is 0 Å². The molecule has 3 heterocycles. The highest BCUT2D eigenvalue weighted by atomic mass is 32.1. The zero-order valence-corrected chi connectivity index (χ0v) is 14.0. The van der Waals surface area contributed by atoms with E-state index in [1.54, 1.807) is 15.9 Å².